The summed E-state index contributed by atoms with van der Waals surface area (Å²) in [4.78, 5) is 38.1. The van der Waals surface area contributed by atoms with E-state index in [1.165, 1.54) is 6.07 Å². The molecule has 1 saturated heterocycles. The molecule has 33 heavy (non-hydrogen) atoms. The van der Waals surface area contributed by atoms with Crippen LogP contribution in [-0.2, 0) is 0 Å². The molecule has 2 N–H and O–H groups in total. The zero-order chi connectivity index (χ0) is 23.4. The van der Waals surface area contributed by atoms with E-state index in [-0.39, 0.29) is 17.2 Å². The smallest absolute Gasteiger partial charge is 0.293 e. The first-order chi connectivity index (χ1) is 15.9. The van der Waals surface area contributed by atoms with E-state index in [9.17, 15) is 19.7 Å². The van der Waals surface area contributed by atoms with Crippen LogP contribution in [0, 0.1) is 10.1 Å². The van der Waals surface area contributed by atoms with Gasteiger partial charge < -0.3 is 15.5 Å². The number of halogens is 1. The molecule has 0 atom stereocenters. The maximum atomic E-state index is 12.7. The van der Waals surface area contributed by atoms with Crippen molar-refractivity contribution in [2.45, 2.75) is 12.8 Å². The molecule has 3 aromatic carbocycles. The van der Waals surface area contributed by atoms with Crippen molar-refractivity contribution in [3.05, 3.63) is 93.0 Å². The highest BCUT2D eigenvalue weighted by Crippen LogP contribution is 2.32. The van der Waals surface area contributed by atoms with Crippen LogP contribution in [0.3, 0.4) is 0 Å². The summed E-state index contributed by atoms with van der Waals surface area (Å²) >= 11 is 5.92. The van der Waals surface area contributed by atoms with Gasteiger partial charge >= 0.3 is 0 Å². The number of amides is 2. The van der Waals surface area contributed by atoms with E-state index in [1.54, 1.807) is 60.7 Å². The number of hydrogen-bond donors (Lipinski definition) is 2. The van der Waals surface area contributed by atoms with Crippen LogP contribution >= 0.6 is 11.6 Å². The number of anilines is 3. The SMILES string of the molecule is O=C(Nc1ccc(NC(=O)c2ccc(N3CCCC3)c([N+](=O)[O-])c2)cc1)c1cccc(Cl)c1. The second-order valence-electron chi connectivity index (χ2n) is 7.65. The molecule has 0 radical (unpaired) electrons. The average molecular weight is 465 g/mol. The van der Waals surface area contributed by atoms with E-state index in [4.69, 9.17) is 11.6 Å². The van der Waals surface area contributed by atoms with Crippen LogP contribution in [-0.4, -0.2) is 29.8 Å². The molecule has 1 aliphatic heterocycles. The Morgan fingerprint density at radius 1 is 0.848 bits per heavy atom. The van der Waals surface area contributed by atoms with Crippen molar-refractivity contribution in [3.63, 3.8) is 0 Å². The third-order valence-corrected chi connectivity index (χ3v) is 5.60. The normalized spacial score (nSPS) is 12.9. The quantitative estimate of drug-likeness (QED) is 0.378. The molecule has 0 unspecified atom stereocenters. The summed E-state index contributed by atoms with van der Waals surface area (Å²) in [5.41, 5.74) is 2.12. The summed E-state index contributed by atoms with van der Waals surface area (Å²) in [7, 11) is 0. The van der Waals surface area contributed by atoms with E-state index in [2.05, 4.69) is 10.6 Å². The number of carbonyl (C=O) groups excluding carboxylic acids is 2. The fraction of sp³-hybridized carbons (Fsp3) is 0.167. The molecule has 0 aromatic heterocycles. The molecule has 1 fully saturated rings. The van der Waals surface area contributed by atoms with E-state index in [0.717, 1.165) is 25.9 Å². The van der Waals surface area contributed by atoms with Gasteiger partial charge in [0.05, 0.1) is 4.92 Å². The van der Waals surface area contributed by atoms with Crippen molar-refractivity contribution in [2.24, 2.45) is 0 Å². The van der Waals surface area contributed by atoms with Crippen LogP contribution in [0.4, 0.5) is 22.7 Å². The molecule has 1 heterocycles. The summed E-state index contributed by atoms with van der Waals surface area (Å²) in [6.07, 6.45) is 1.99. The molecule has 3 aromatic rings. The van der Waals surface area contributed by atoms with Gasteiger partial charge in [-0.25, -0.2) is 0 Å². The lowest BCUT2D eigenvalue weighted by molar-refractivity contribution is -0.384. The predicted molar refractivity (Wildman–Crippen MR) is 128 cm³/mol. The van der Waals surface area contributed by atoms with Crippen LogP contribution in [0.15, 0.2) is 66.7 Å². The predicted octanol–water partition coefficient (Wildman–Crippen LogP) is 5.35. The van der Waals surface area contributed by atoms with Crippen molar-refractivity contribution in [3.8, 4) is 0 Å². The maximum Gasteiger partial charge on any atom is 0.293 e. The topological polar surface area (TPSA) is 105 Å². The number of nitrogens with zero attached hydrogens (tertiary/aromatic N) is 2. The molecule has 2 amide bonds. The monoisotopic (exact) mass is 464 g/mol. The molecule has 8 nitrogen and oxygen atoms in total. The third-order valence-electron chi connectivity index (χ3n) is 5.37. The Balaban J connectivity index is 1.43. The lowest BCUT2D eigenvalue weighted by Gasteiger charge is -2.17. The zero-order valence-corrected chi connectivity index (χ0v) is 18.3. The number of hydrogen-bond acceptors (Lipinski definition) is 5. The molecule has 0 saturated carbocycles. The number of nitro groups is 1. The van der Waals surface area contributed by atoms with E-state index in [1.807, 2.05) is 4.90 Å². The van der Waals surface area contributed by atoms with E-state index < -0.39 is 10.8 Å². The Hall–Kier alpha value is -3.91. The van der Waals surface area contributed by atoms with Crippen LogP contribution in [0.25, 0.3) is 0 Å². The van der Waals surface area contributed by atoms with Crippen LogP contribution in [0.2, 0.25) is 5.02 Å². The maximum absolute atomic E-state index is 12.7. The van der Waals surface area contributed by atoms with Crippen molar-refractivity contribution in [2.75, 3.05) is 28.6 Å². The average Bonchev–Trinajstić information content (AvgIpc) is 3.34. The molecular formula is C24H21ClN4O4. The number of nitro benzene ring substituents is 1. The second kappa shape index (κ2) is 9.70. The Morgan fingerprint density at radius 3 is 1.97 bits per heavy atom. The van der Waals surface area contributed by atoms with Gasteiger partial charge in [0.2, 0.25) is 0 Å². The second-order valence-corrected chi connectivity index (χ2v) is 8.09. The van der Waals surface area contributed by atoms with Crippen LogP contribution < -0.4 is 15.5 Å². The van der Waals surface area contributed by atoms with Gasteiger partial charge in [0.25, 0.3) is 17.5 Å². The standard InChI is InChI=1S/C24H21ClN4O4/c25-18-5-3-4-16(14-18)23(30)26-19-7-9-20(10-8-19)27-24(31)17-6-11-21(22(15-17)29(32)33)28-12-1-2-13-28/h3-11,14-15H,1-2,12-13H2,(H,26,30)(H,27,31). The van der Waals surface area contributed by atoms with Gasteiger partial charge in [-0.2, -0.15) is 0 Å². The lowest BCUT2D eigenvalue weighted by Crippen LogP contribution is -2.19. The Labute approximate surface area is 195 Å². The summed E-state index contributed by atoms with van der Waals surface area (Å²) in [5.74, 6) is -0.763. The molecular weight excluding hydrogens is 444 g/mol. The van der Waals surface area contributed by atoms with Gasteiger partial charge in [0, 0.05) is 46.7 Å². The van der Waals surface area contributed by atoms with Crippen molar-refractivity contribution >= 4 is 46.2 Å². The molecule has 0 spiro atoms. The molecule has 0 bridgehead atoms. The largest absolute Gasteiger partial charge is 0.366 e. The van der Waals surface area contributed by atoms with Gasteiger partial charge in [-0.05, 0) is 67.4 Å². The lowest BCUT2D eigenvalue weighted by atomic mass is 10.1. The number of nitrogens with one attached hydrogen (secondary N) is 2. The summed E-state index contributed by atoms with van der Waals surface area (Å²) < 4.78 is 0. The van der Waals surface area contributed by atoms with Gasteiger partial charge in [-0.3, -0.25) is 19.7 Å². The summed E-state index contributed by atoms with van der Waals surface area (Å²) in [6, 6.07) is 17.7. The molecule has 9 heteroatoms. The van der Waals surface area contributed by atoms with Gasteiger partial charge in [0.15, 0.2) is 0 Å². The van der Waals surface area contributed by atoms with E-state index >= 15 is 0 Å². The highest BCUT2D eigenvalue weighted by molar-refractivity contribution is 6.31. The first kappa shape index (κ1) is 22.3. The van der Waals surface area contributed by atoms with Crippen molar-refractivity contribution in [1.29, 1.82) is 0 Å². The summed E-state index contributed by atoms with van der Waals surface area (Å²) in [5, 5.41) is 17.5. The minimum absolute atomic E-state index is 0.0800. The van der Waals surface area contributed by atoms with Gasteiger partial charge in [0.1, 0.15) is 5.69 Å². The van der Waals surface area contributed by atoms with Gasteiger partial charge in [-0.15, -0.1) is 0 Å². The Morgan fingerprint density at radius 2 is 1.42 bits per heavy atom. The zero-order valence-electron chi connectivity index (χ0n) is 17.6. The fourth-order valence-corrected chi connectivity index (χ4v) is 3.90. The van der Waals surface area contributed by atoms with Gasteiger partial charge in [-0.1, -0.05) is 17.7 Å². The highest BCUT2D eigenvalue weighted by Gasteiger charge is 2.24. The summed E-state index contributed by atoms with van der Waals surface area (Å²) in [6.45, 7) is 1.54. The van der Waals surface area contributed by atoms with Crippen molar-refractivity contribution < 1.29 is 14.5 Å². The minimum Gasteiger partial charge on any atom is -0.366 e. The Kier molecular flexibility index (Phi) is 6.55. The first-order valence-corrected chi connectivity index (χ1v) is 10.8. The van der Waals surface area contributed by atoms with Crippen LogP contribution in [0.1, 0.15) is 33.6 Å². The van der Waals surface area contributed by atoms with E-state index in [0.29, 0.717) is 27.6 Å². The third kappa shape index (κ3) is 5.30. The Bertz CT molecular complexity index is 1210. The molecule has 1 aliphatic rings. The number of rotatable bonds is 6. The first-order valence-electron chi connectivity index (χ1n) is 10.4. The highest BCUT2D eigenvalue weighted by atomic mass is 35.5. The molecule has 168 valence electrons. The van der Waals surface area contributed by atoms with Crippen molar-refractivity contribution in [1.82, 2.24) is 0 Å². The molecule has 0 aliphatic carbocycles. The number of benzene rings is 3. The number of carbonyl (C=O) groups is 2. The minimum atomic E-state index is -0.457. The molecule has 4 rings (SSSR count). The fourth-order valence-electron chi connectivity index (χ4n) is 3.71. The van der Waals surface area contributed by atoms with Crippen LogP contribution in [0.5, 0.6) is 0 Å².